The number of nitrogens with two attached hydrogens (primary N) is 1. The molecule has 5 atom stereocenters. The van der Waals surface area contributed by atoms with E-state index in [0.717, 1.165) is 5.57 Å². The zero-order chi connectivity index (χ0) is 18.3. The minimum Gasteiger partial charge on any atom is -0.462 e. The molecule has 1 aromatic rings. The molecule has 1 heterocycles. The molecule has 0 bridgehead atoms. The standard InChI is InChI=1S/C16H22N4O5/c1-7(2)16(24)25-8-3-4-9-10(5-8)12(21)13(22)11(9)20-6-18-15(19-20)14(17)23/h4,6-8,10-13,21-22H,3,5H2,1-2H3,(H2,17,23)/t8-,10-,11+,12?,13-/m0/s1. The van der Waals surface area contributed by atoms with Crippen molar-refractivity contribution < 1.29 is 24.5 Å². The van der Waals surface area contributed by atoms with Crippen LogP contribution in [0.15, 0.2) is 18.0 Å². The zero-order valence-corrected chi connectivity index (χ0v) is 14.1. The van der Waals surface area contributed by atoms with Crippen LogP contribution in [0, 0.1) is 11.8 Å². The summed E-state index contributed by atoms with van der Waals surface area (Å²) in [7, 11) is 0. The molecule has 0 aromatic carbocycles. The van der Waals surface area contributed by atoms with Gasteiger partial charge < -0.3 is 20.7 Å². The van der Waals surface area contributed by atoms with Crippen LogP contribution < -0.4 is 5.73 Å². The number of aromatic nitrogens is 3. The van der Waals surface area contributed by atoms with Gasteiger partial charge >= 0.3 is 5.97 Å². The summed E-state index contributed by atoms with van der Waals surface area (Å²) >= 11 is 0. The number of aliphatic hydroxyl groups excluding tert-OH is 2. The summed E-state index contributed by atoms with van der Waals surface area (Å²) in [6.45, 7) is 3.52. The number of hydrogen-bond acceptors (Lipinski definition) is 7. The van der Waals surface area contributed by atoms with E-state index in [4.69, 9.17) is 10.5 Å². The SMILES string of the molecule is CC(C)C(=O)O[C@H]1CC=C2[C@@H](n3cnc(C(N)=O)n3)[C@H](O)C(O)[C@H]2C1. The van der Waals surface area contributed by atoms with Crippen LogP contribution in [0.5, 0.6) is 0 Å². The third kappa shape index (κ3) is 3.16. The number of carbonyl (C=O) groups is 2. The van der Waals surface area contributed by atoms with Crippen molar-refractivity contribution in [2.75, 3.05) is 0 Å². The molecule has 0 radical (unpaired) electrons. The molecular formula is C16H22N4O5. The topological polar surface area (TPSA) is 141 Å². The largest absolute Gasteiger partial charge is 0.462 e. The number of carbonyl (C=O) groups excluding carboxylic acids is 2. The van der Waals surface area contributed by atoms with Crippen molar-refractivity contribution in [3.8, 4) is 0 Å². The fourth-order valence-electron chi connectivity index (χ4n) is 3.46. The van der Waals surface area contributed by atoms with Gasteiger partial charge in [0, 0.05) is 12.3 Å². The second-order valence-electron chi connectivity index (χ2n) is 6.83. The van der Waals surface area contributed by atoms with Crippen LogP contribution in [0.2, 0.25) is 0 Å². The molecule has 1 saturated carbocycles. The molecule has 1 unspecified atom stereocenters. The number of primary amides is 1. The number of nitrogens with zero attached hydrogens (tertiary/aromatic N) is 3. The summed E-state index contributed by atoms with van der Waals surface area (Å²) in [5.74, 6) is -1.76. The molecule has 25 heavy (non-hydrogen) atoms. The first-order valence-corrected chi connectivity index (χ1v) is 8.27. The van der Waals surface area contributed by atoms with Crippen molar-refractivity contribution in [2.24, 2.45) is 17.6 Å². The van der Waals surface area contributed by atoms with Gasteiger partial charge in [-0.1, -0.05) is 19.9 Å². The third-order valence-electron chi connectivity index (χ3n) is 4.76. The average Bonchev–Trinajstić information content (AvgIpc) is 3.12. The Labute approximate surface area is 144 Å². The quantitative estimate of drug-likeness (QED) is 0.494. The van der Waals surface area contributed by atoms with Crippen LogP contribution in [0.25, 0.3) is 0 Å². The van der Waals surface area contributed by atoms with Crippen LogP contribution in [-0.4, -0.2) is 55.2 Å². The van der Waals surface area contributed by atoms with E-state index >= 15 is 0 Å². The van der Waals surface area contributed by atoms with E-state index in [0.29, 0.717) is 12.8 Å². The lowest BCUT2D eigenvalue weighted by Crippen LogP contribution is -2.32. The lowest BCUT2D eigenvalue weighted by atomic mass is 9.86. The van der Waals surface area contributed by atoms with E-state index < -0.39 is 24.2 Å². The van der Waals surface area contributed by atoms with Gasteiger partial charge in [0.1, 0.15) is 24.6 Å². The molecule has 2 aliphatic carbocycles. The highest BCUT2D eigenvalue weighted by atomic mass is 16.5. The van der Waals surface area contributed by atoms with E-state index in [1.807, 2.05) is 6.08 Å². The first kappa shape index (κ1) is 17.6. The van der Waals surface area contributed by atoms with Crippen molar-refractivity contribution in [3.05, 3.63) is 23.8 Å². The van der Waals surface area contributed by atoms with Crippen molar-refractivity contribution in [2.45, 2.75) is 51.0 Å². The molecule has 136 valence electrons. The number of rotatable bonds is 4. The molecule has 0 aliphatic heterocycles. The van der Waals surface area contributed by atoms with E-state index in [-0.39, 0.29) is 29.7 Å². The summed E-state index contributed by atoms with van der Waals surface area (Å²) in [5, 5.41) is 24.9. The smallest absolute Gasteiger partial charge is 0.308 e. The van der Waals surface area contributed by atoms with Gasteiger partial charge in [0.05, 0.1) is 12.0 Å². The lowest BCUT2D eigenvalue weighted by Gasteiger charge is -2.28. The average molecular weight is 350 g/mol. The highest BCUT2D eigenvalue weighted by molar-refractivity contribution is 5.88. The molecule has 1 fully saturated rings. The molecule has 4 N–H and O–H groups in total. The van der Waals surface area contributed by atoms with Gasteiger partial charge in [0.25, 0.3) is 5.91 Å². The number of hydrogen-bond donors (Lipinski definition) is 3. The first-order chi connectivity index (χ1) is 11.8. The molecular weight excluding hydrogens is 328 g/mol. The second kappa shape index (κ2) is 6.57. The first-order valence-electron chi connectivity index (χ1n) is 8.27. The molecule has 1 amide bonds. The van der Waals surface area contributed by atoms with E-state index in [1.165, 1.54) is 11.0 Å². The van der Waals surface area contributed by atoms with E-state index in [1.54, 1.807) is 13.8 Å². The maximum Gasteiger partial charge on any atom is 0.308 e. The second-order valence-corrected chi connectivity index (χ2v) is 6.83. The van der Waals surface area contributed by atoms with Crippen molar-refractivity contribution >= 4 is 11.9 Å². The van der Waals surface area contributed by atoms with Crippen LogP contribution in [-0.2, 0) is 9.53 Å². The molecule has 0 spiro atoms. The Morgan fingerprint density at radius 2 is 2.08 bits per heavy atom. The van der Waals surface area contributed by atoms with Gasteiger partial charge in [-0.05, 0) is 12.0 Å². The summed E-state index contributed by atoms with van der Waals surface area (Å²) in [5.41, 5.74) is 5.96. The van der Waals surface area contributed by atoms with Crippen LogP contribution in [0.4, 0.5) is 0 Å². The van der Waals surface area contributed by atoms with Gasteiger partial charge in [-0.2, -0.15) is 0 Å². The predicted octanol–water partition coefficient (Wildman–Crippen LogP) is -0.442. The zero-order valence-electron chi connectivity index (χ0n) is 14.1. The summed E-state index contributed by atoms with van der Waals surface area (Å²) < 4.78 is 6.80. The Morgan fingerprint density at radius 3 is 2.68 bits per heavy atom. The third-order valence-corrected chi connectivity index (χ3v) is 4.76. The normalized spacial score (nSPS) is 31.6. The number of fused-ring (bicyclic) bond motifs is 1. The molecule has 3 rings (SSSR count). The van der Waals surface area contributed by atoms with Gasteiger partial charge in [0.2, 0.25) is 5.82 Å². The predicted molar refractivity (Wildman–Crippen MR) is 85.1 cm³/mol. The molecule has 2 aliphatic rings. The Bertz CT molecular complexity index is 713. The highest BCUT2D eigenvalue weighted by Crippen LogP contribution is 2.45. The monoisotopic (exact) mass is 350 g/mol. The number of aliphatic hydroxyl groups is 2. The fraction of sp³-hybridized carbons (Fsp3) is 0.625. The maximum atomic E-state index is 11.8. The van der Waals surface area contributed by atoms with Crippen LogP contribution in [0.3, 0.4) is 0 Å². The number of ether oxygens (including phenoxy) is 1. The fourth-order valence-corrected chi connectivity index (χ4v) is 3.46. The van der Waals surface area contributed by atoms with Gasteiger partial charge in [0.15, 0.2) is 0 Å². The highest BCUT2D eigenvalue weighted by Gasteiger charge is 2.49. The maximum absolute atomic E-state index is 11.8. The van der Waals surface area contributed by atoms with Gasteiger partial charge in [-0.15, -0.1) is 5.10 Å². The van der Waals surface area contributed by atoms with Gasteiger partial charge in [-0.25, -0.2) is 9.67 Å². The van der Waals surface area contributed by atoms with Crippen molar-refractivity contribution in [1.29, 1.82) is 0 Å². The van der Waals surface area contributed by atoms with Crippen molar-refractivity contribution in [3.63, 3.8) is 0 Å². The summed E-state index contributed by atoms with van der Waals surface area (Å²) in [4.78, 5) is 26.8. The number of amides is 1. The summed E-state index contributed by atoms with van der Waals surface area (Å²) in [6, 6.07) is -0.623. The molecule has 0 saturated heterocycles. The van der Waals surface area contributed by atoms with Crippen LogP contribution >= 0.6 is 0 Å². The van der Waals surface area contributed by atoms with Crippen LogP contribution in [0.1, 0.15) is 43.3 Å². The molecule has 9 nitrogen and oxygen atoms in total. The van der Waals surface area contributed by atoms with E-state index in [2.05, 4.69) is 10.1 Å². The Morgan fingerprint density at radius 1 is 1.36 bits per heavy atom. The lowest BCUT2D eigenvalue weighted by molar-refractivity contribution is -0.154. The Balaban J connectivity index is 1.82. The summed E-state index contributed by atoms with van der Waals surface area (Å²) in [6.07, 6.45) is 1.66. The Hall–Kier alpha value is -2.26. The minimum absolute atomic E-state index is 0.148. The van der Waals surface area contributed by atoms with Crippen molar-refractivity contribution in [1.82, 2.24) is 14.8 Å². The minimum atomic E-state index is -1.10. The Kier molecular flexibility index (Phi) is 4.61. The van der Waals surface area contributed by atoms with E-state index in [9.17, 15) is 19.8 Å². The molecule has 1 aromatic heterocycles. The number of esters is 1. The van der Waals surface area contributed by atoms with Gasteiger partial charge in [-0.3, -0.25) is 9.59 Å². The molecule has 9 heteroatoms.